The first-order valence-corrected chi connectivity index (χ1v) is 18.8. The van der Waals surface area contributed by atoms with Crippen LogP contribution >= 0.6 is 0 Å². The molecule has 6 heteroatoms. The highest BCUT2D eigenvalue weighted by molar-refractivity contribution is 5.70. The molecule has 0 unspecified atom stereocenters. The summed E-state index contributed by atoms with van der Waals surface area (Å²) in [5, 5.41) is 19.0. The van der Waals surface area contributed by atoms with Gasteiger partial charge in [-0.25, -0.2) is 0 Å². The summed E-state index contributed by atoms with van der Waals surface area (Å²) >= 11 is 0. The predicted molar refractivity (Wildman–Crippen MR) is 197 cm³/mol. The number of allylic oxidation sites excluding steroid dienone is 9. The van der Waals surface area contributed by atoms with E-state index in [1.807, 2.05) is 19.1 Å². The van der Waals surface area contributed by atoms with E-state index in [0.717, 1.165) is 57.3 Å². The highest BCUT2D eigenvalue weighted by atomic mass is 16.6. The van der Waals surface area contributed by atoms with Crippen molar-refractivity contribution < 1.29 is 29.3 Å². The van der Waals surface area contributed by atoms with Crippen LogP contribution in [0.4, 0.5) is 0 Å². The first kappa shape index (κ1) is 44.6. The molecule has 0 aliphatic rings. The van der Waals surface area contributed by atoms with Crippen molar-refractivity contribution in [2.75, 3.05) is 13.2 Å². The second kappa shape index (κ2) is 34.9. The quantitative estimate of drug-likeness (QED) is 0.0323. The molecular formula is C41H70O6. The smallest absolute Gasteiger partial charge is 0.306 e. The Balaban J connectivity index is 3.70. The van der Waals surface area contributed by atoms with Gasteiger partial charge in [0.15, 0.2) is 6.10 Å². The van der Waals surface area contributed by atoms with E-state index in [1.54, 1.807) is 6.08 Å². The van der Waals surface area contributed by atoms with Gasteiger partial charge in [0, 0.05) is 12.8 Å². The Morgan fingerprint density at radius 3 is 1.70 bits per heavy atom. The molecule has 47 heavy (non-hydrogen) atoms. The van der Waals surface area contributed by atoms with Crippen LogP contribution in [-0.4, -0.2) is 47.6 Å². The molecule has 0 bridgehead atoms. The lowest BCUT2D eigenvalue weighted by Crippen LogP contribution is -2.28. The molecule has 0 radical (unpaired) electrons. The number of rotatable bonds is 32. The van der Waals surface area contributed by atoms with Gasteiger partial charge in [-0.15, -0.1) is 0 Å². The third kappa shape index (κ3) is 34.7. The van der Waals surface area contributed by atoms with Gasteiger partial charge in [0.2, 0.25) is 0 Å². The first-order chi connectivity index (χ1) is 22.9. The van der Waals surface area contributed by atoms with Crippen LogP contribution < -0.4 is 0 Å². The Morgan fingerprint density at radius 1 is 0.638 bits per heavy atom. The second-order valence-corrected chi connectivity index (χ2v) is 13.0. The lowest BCUT2D eigenvalue weighted by Gasteiger charge is -2.15. The number of unbranched alkanes of at least 4 members (excludes halogenated alkanes) is 12. The summed E-state index contributed by atoms with van der Waals surface area (Å²) in [5.41, 5.74) is 0. The number of carbonyl (C=O) groups excluding carboxylic acids is 2. The van der Waals surface area contributed by atoms with Crippen molar-refractivity contribution in [3.8, 4) is 0 Å². The molecule has 0 rings (SSSR count). The van der Waals surface area contributed by atoms with Crippen LogP contribution in [0.15, 0.2) is 60.8 Å². The molecule has 0 amide bonds. The highest BCUT2D eigenvalue weighted by Gasteiger charge is 2.16. The molecule has 2 atom stereocenters. The molecule has 0 saturated heterocycles. The van der Waals surface area contributed by atoms with Crippen LogP contribution in [-0.2, 0) is 19.1 Å². The summed E-state index contributed by atoms with van der Waals surface area (Å²) in [5.74, 6) is 0.151. The minimum atomic E-state index is -0.803. The lowest BCUT2D eigenvalue weighted by atomic mass is 10.0. The molecule has 0 heterocycles. The van der Waals surface area contributed by atoms with E-state index in [1.165, 1.54) is 64.2 Å². The normalized spacial score (nSPS) is 13.7. The Hall–Kier alpha value is -2.44. The number of carbonyl (C=O) groups is 2. The van der Waals surface area contributed by atoms with Crippen molar-refractivity contribution in [2.24, 2.45) is 5.92 Å². The maximum atomic E-state index is 12.1. The third-order valence-electron chi connectivity index (χ3n) is 7.91. The number of ether oxygens (including phenoxy) is 2. The van der Waals surface area contributed by atoms with E-state index in [0.29, 0.717) is 19.3 Å². The van der Waals surface area contributed by atoms with Crippen molar-refractivity contribution in [3.63, 3.8) is 0 Å². The minimum absolute atomic E-state index is 0.107. The van der Waals surface area contributed by atoms with Crippen LogP contribution in [0.25, 0.3) is 0 Å². The zero-order chi connectivity index (χ0) is 34.6. The van der Waals surface area contributed by atoms with Crippen LogP contribution in [0.5, 0.6) is 0 Å². The fraction of sp³-hybridized carbons (Fsp3) is 0.707. The summed E-state index contributed by atoms with van der Waals surface area (Å²) in [4.78, 5) is 24.2. The standard InChI is InChI=1S/C41H70O6/c1-4-38(43)32-28-24-20-16-12-7-5-6-8-13-17-21-25-29-33-40(44)46-36-39(35-42)47-41(45)34-30-26-22-18-14-10-9-11-15-19-23-27-31-37(2)3/h6-8,12,17,20-21,24,28,32,37-39,42-43H,4-5,9-11,13-16,18-19,22-23,25-27,29-31,33-36H2,1-3H3/b8-6-,12-7-,21-17-,24-20-,32-28+/t38-,39-/m0/s1. The second-order valence-electron chi connectivity index (χ2n) is 13.0. The Bertz CT molecular complexity index is 869. The average Bonchev–Trinajstić information content (AvgIpc) is 3.06. The molecule has 0 aliphatic carbocycles. The number of esters is 2. The average molecular weight is 659 g/mol. The van der Waals surface area contributed by atoms with Crippen LogP contribution in [0.3, 0.4) is 0 Å². The Labute approximate surface area is 288 Å². The monoisotopic (exact) mass is 659 g/mol. The number of aliphatic hydroxyl groups is 2. The predicted octanol–water partition coefficient (Wildman–Crippen LogP) is 10.4. The molecule has 270 valence electrons. The van der Waals surface area contributed by atoms with Crippen molar-refractivity contribution >= 4 is 11.9 Å². The molecular weight excluding hydrogens is 588 g/mol. The number of aliphatic hydroxyl groups excluding tert-OH is 2. The van der Waals surface area contributed by atoms with Gasteiger partial charge in [0.1, 0.15) is 6.61 Å². The highest BCUT2D eigenvalue weighted by Crippen LogP contribution is 2.15. The minimum Gasteiger partial charge on any atom is -0.462 e. The van der Waals surface area contributed by atoms with E-state index < -0.39 is 6.10 Å². The largest absolute Gasteiger partial charge is 0.462 e. The molecule has 0 fully saturated rings. The van der Waals surface area contributed by atoms with E-state index in [9.17, 15) is 19.8 Å². The van der Waals surface area contributed by atoms with Crippen LogP contribution in [0.1, 0.15) is 156 Å². The summed E-state index contributed by atoms with van der Waals surface area (Å²) in [7, 11) is 0. The topological polar surface area (TPSA) is 93.1 Å². The van der Waals surface area contributed by atoms with Crippen LogP contribution in [0.2, 0.25) is 0 Å². The van der Waals surface area contributed by atoms with E-state index >= 15 is 0 Å². The third-order valence-corrected chi connectivity index (χ3v) is 7.91. The maximum Gasteiger partial charge on any atom is 0.306 e. The zero-order valence-electron chi connectivity index (χ0n) is 30.3. The van der Waals surface area contributed by atoms with Gasteiger partial charge in [-0.1, -0.05) is 159 Å². The Morgan fingerprint density at radius 2 is 1.15 bits per heavy atom. The van der Waals surface area contributed by atoms with Crippen molar-refractivity contribution in [1.82, 2.24) is 0 Å². The van der Waals surface area contributed by atoms with Crippen molar-refractivity contribution in [2.45, 2.75) is 168 Å². The van der Waals surface area contributed by atoms with Gasteiger partial charge >= 0.3 is 11.9 Å². The molecule has 0 aromatic heterocycles. The van der Waals surface area contributed by atoms with Crippen LogP contribution in [0, 0.1) is 5.92 Å². The molecule has 0 saturated carbocycles. The van der Waals surface area contributed by atoms with Crippen molar-refractivity contribution in [1.29, 1.82) is 0 Å². The fourth-order valence-corrected chi connectivity index (χ4v) is 4.90. The molecule has 2 N–H and O–H groups in total. The van der Waals surface area contributed by atoms with Crippen molar-refractivity contribution in [3.05, 3.63) is 60.8 Å². The van der Waals surface area contributed by atoms with E-state index in [-0.39, 0.29) is 31.3 Å². The molecule has 0 aliphatic heterocycles. The van der Waals surface area contributed by atoms with Gasteiger partial charge in [0.25, 0.3) is 0 Å². The molecule has 0 aromatic rings. The SMILES string of the molecule is CC[C@H](O)/C=C/C=C\C/C=C\C/C=C\C/C=C\CCCC(=O)OC[C@H](CO)OC(=O)CCCCCCCCCCCCCCC(C)C. The molecule has 6 nitrogen and oxygen atoms in total. The van der Waals surface area contributed by atoms with Gasteiger partial charge in [-0.05, 0) is 50.9 Å². The summed E-state index contributed by atoms with van der Waals surface area (Å²) < 4.78 is 10.5. The molecule has 0 aromatic carbocycles. The zero-order valence-corrected chi connectivity index (χ0v) is 30.3. The first-order valence-electron chi connectivity index (χ1n) is 18.8. The van der Waals surface area contributed by atoms with Gasteiger partial charge in [-0.2, -0.15) is 0 Å². The summed E-state index contributed by atoms with van der Waals surface area (Å²) in [6, 6.07) is 0. The lowest BCUT2D eigenvalue weighted by molar-refractivity contribution is -0.161. The summed E-state index contributed by atoms with van der Waals surface area (Å²) in [6.07, 6.45) is 40.9. The number of hydrogen-bond acceptors (Lipinski definition) is 6. The fourth-order valence-electron chi connectivity index (χ4n) is 4.90. The Kier molecular flexibility index (Phi) is 33.1. The van der Waals surface area contributed by atoms with E-state index in [4.69, 9.17) is 9.47 Å². The number of hydrogen-bond donors (Lipinski definition) is 2. The van der Waals surface area contributed by atoms with E-state index in [2.05, 4.69) is 56.4 Å². The van der Waals surface area contributed by atoms with Gasteiger partial charge in [-0.3, -0.25) is 9.59 Å². The maximum absolute atomic E-state index is 12.1. The summed E-state index contributed by atoms with van der Waals surface area (Å²) in [6.45, 7) is 6.08. The molecule has 0 spiro atoms. The van der Waals surface area contributed by atoms with Gasteiger partial charge < -0.3 is 19.7 Å². The van der Waals surface area contributed by atoms with Gasteiger partial charge in [0.05, 0.1) is 12.7 Å².